The Kier molecular flexibility index (Phi) is 8.27. The van der Waals surface area contributed by atoms with Crippen LogP contribution in [0.25, 0.3) is 16.6 Å². The molecule has 1 unspecified atom stereocenters. The minimum absolute atomic E-state index is 0.0247. The van der Waals surface area contributed by atoms with E-state index in [1.54, 1.807) is 10.6 Å². The fourth-order valence-corrected chi connectivity index (χ4v) is 5.44. The van der Waals surface area contributed by atoms with Gasteiger partial charge in [0, 0.05) is 11.0 Å². The van der Waals surface area contributed by atoms with Gasteiger partial charge in [-0.1, -0.05) is 103 Å². The monoisotopic (exact) mass is 593 g/mol. The molecule has 0 aliphatic heterocycles. The molecule has 0 saturated heterocycles. The fourth-order valence-electron chi connectivity index (χ4n) is 5.18. The van der Waals surface area contributed by atoms with Crippen LogP contribution in [-0.2, 0) is 4.79 Å². The molecule has 0 saturated carbocycles. The minimum Gasteiger partial charge on any atom is -0.332 e. The number of para-hydroxylation sites is 1. The number of fused-ring (bicyclic) bond motifs is 1. The normalized spacial score (nSPS) is 12.2. The summed E-state index contributed by atoms with van der Waals surface area (Å²) in [6.07, 6.45) is 0. The van der Waals surface area contributed by atoms with Crippen molar-refractivity contribution < 1.29 is 4.79 Å². The van der Waals surface area contributed by atoms with Crippen LogP contribution < -0.4 is 5.56 Å². The van der Waals surface area contributed by atoms with Gasteiger partial charge in [0.25, 0.3) is 5.56 Å². The number of halogens is 1. The Bertz CT molecular complexity index is 1630. The molecule has 6 heteroatoms. The molecule has 1 amide bonds. The zero-order valence-corrected chi connectivity index (χ0v) is 24.5. The number of benzene rings is 4. The highest BCUT2D eigenvalue weighted by Gasteiger charge is 2.33. The summed E-state index contributed by atoms with van der Waals surface area (Å²) in [6, 6.07) is 34.3. The number of nitrogens with zero attached hydrogens (tertiary/aromatic N) is 3. The Morgan fingerprint density at radius 1 is 0.800 bits per heavy atom. The third-order valence-corrected chi connectivity index (χ3v) is 7.61. The highest BCUT2D eigenvalue weighted by Crippen LogP contribution is 2.32. The van der Waals surface area contributed by atoms with Gasteiger partial charge < -0.3 is 4.90 Å². The molecule has 5 rings (SSSR count). The SMILES string of the molecule is CC(C)CN(C(=O)C(c1ccccc1)c1ccccc1)C(C)c1nc2ccccc2c(=O)n1-c1ccc(Br)cc1. The molecule has 1 atom stereocenters. The number of hydrogen-bond acceptors (Lipinski definition) is 3. The maximum Gasteiger partial charge on any atom is 0.266 e. The minimum atomic E-state index is -0.489. The molecule has 0 bridgehead atoms. The first-order chi connectivity index (χ1) is 19.3. The van der Waals surface area contributed by atoms with E-state index in [2.05, 4.69) is 29.8 Å². The molecule has 4 aromatic carbocycles. The maximum atomic E-state index is 14.6. The van der Waals surface area contributed by atoms with Gasteiger partial charge in [0.05, 0.1) is 28.6 Å². The average molecular weight is 595 g/mol. The molecule has 0 spiro atoms. The molecular formula is C34H32BrN3O2. The summed E-state index contributed by atoms with van der Waals surface area (Å²) < 4.78 is 2.57. The van der Waals surface area contributed by atoms with Crippen LogP contribution in [0.4, 0.5) is 0 Å². The highest BCUT2D eigenvalue weighted by molar-refractivity contribution is 9.10. The first-order valence-electron chi connectivity index (χ1n) is 13.5. The largest absolute Gasteiger partial charge is 0.332 e. The molecule has 5 nitrogen and oxygen atoms in total. The first kappa shape index (κ1) is 27.5. The predicted molar refractivity (Wildman–Crippen MR) is 165 cm³/mol. The molecule has 0 N–H and O–H groups in total. The maximum absolute atomic E-state index is 14.6. The summed E-state index contributed by atoms with van der Waals surface area (Å²) in [5, 5.41) is 0.537. The van der Waals surface area contributed by atoms with Gasteiger partial charge in [0.1, 0.15) is 5.82 Å². The van der Waals surface area contributed by atoms with Gasteiger partial charge in [-0.05, 0) is 60.4 Å². The van der Waals surface area contributed by atoms with E-state index in [0.717, 1.165) is 15.6 Å². The quantitative estimate of drug-likeness (QED) is 0.187. The van der Waals surface area contributed by atoms with Gasteiger partial charge in [-0.15, -0.1) is 0 Å². The molecule has 1 heterocycles. The Labute approximate surface area is 243 Å². The van der Waals surface area contributed by atoms with E-state index >= 15 is 0 Å². The van der Waals surface area contributed by atoms with Crippen LogP contribution in [0, 0.1) is 5.92 Å². The van der Waals surface area contributed by atoms with Crippen LogP contribution in [-0.4, -0.2) is 26.9 Å². The van der Waals surface area contributed by atoms with Gasteiger partial charge in [-0.2, -0.15) is 0 Å². The van der Waals surface area contributed by atoms with Crippen molar-refractivity contribution >= 4 is 32.7 Å². The van der Waals surface area contributed by atoms with E-state index in [-0.39, 0.29) is 17.4 Å². The van der Waals surface area contributed by atoms with E-state index in [1.165, 1.54) is 0 Å². The topological polar surface area (TPSA) is 55.2 Å². The number of carbonyl (C=O) groups excluding carboxylic acids is 1. The first-order valence-corrected chi connectivity index (χ1v) is 14.3. The van der Waals surface area contributed by atoms with Crippen LogP contribution in [0.1, 0.15) is 49.7 Å². The molecular weight excluding hydrogens is 562 g/mol. The fraction of sp³-hybridized carbons (Fsp3) is 0.206. The summed E-state index contributed by atoms with van der Waals surface area (Å²) in [5.41, 5.74) is 3.01. The molecule has 5 aromatic rings. The number of rotatable bonds is 8. The summed E-state index contributed by atoms with van der Waals surface area (Å²) >= 11 is 3.50. The van der Waals surface area contributed by atoms with Crippen molar-refractivity contribution in [3.8, 4) is 5.69 Å². The van der Waals surface area contributed by atoms with Crippen molar-refractivity contribution in [3.63, 3.8) is 0 Å². The van der Waals surface area contributed by atoms with E-state index in [4.69, 9.17) is 4.98 Å². The number of carbonyl (C=O) groups is 1. The summed E-state index contributed by atoms with van der Waals surface area (Å²) in [7, 11) is 0. The molecule has 202 valence electrons. The molecule has 0 radical (unpaired) electrons. The van der Waals surface area contributed by atoms with E-state index in [0.29, 0.717) is 29.0 Å². The highest BCUT2D eigenvalue weighted by atomic mass is 79.9. The lowest BCUT2D eigenvalue weighted by atomic mass is 9.89. The van der Waals surface area contributed by atoms with Crippen LogP contribution in [0.3, 0.4) is 0 Å². The van der Waals surface area contributed by atoms with Gasteiger partial charge in [0.15, 0.2) is 0 Å². The van der Waals surface area contributed by atoms with Gasteiger partial charge in [-0.25, -0.2) is 4.98 Å². The lowest BCUT2D eigenvalue weighted by molar-refractivity contribution is -0.134. The Hall–Kier alpha value is -4.03. The second-order valence-electron chi connectivity index (χ2n) is 10.4. The third kappa shape index (κ3) is 5.63. The lowest BCUT2D eigenvalue weighted by Crippen LogP contribution is -2.42. The van der Waals surface area contributed by atoms with Crippen molar-refractivity contribution in [2.75, 3.05) is 6.54 Å². The van der Waals surface area contributed by atoms with Crippen LogP contribution in [0.15, 0.2) is 118 Å². The van der Waals surface area contributed by atoms with E-state index < -0.39 is 12.0 Å². The van der Waals surface area contributed by atoms with E-state index in [9.17, 15) is 9.59 Å². The van der Waals surface area contributed by atoms with Crippen molar-refractivity contribution in [1.29, 1.82) is 0 Å². The van der Waals surface area contributed by atoms with E-state index in [1.807, 2.05) is 115 Å². The van der Waals surface area contributed by atoms with Crippen molar-refractivity contribution in [2.45, 2.75) is 32.7 Å². The zero-order chi connectivity index (χ0) is 28.2. The van der Waals surface area contributed by atoms with Crippen molar-refractivity contribution in [3.05, 3.63) is 141 Å². The number of aromatic nitrogens is 2. The van der Waals surface area contributed by atoms with Gasteiger partial charge >= 0.3 is 0 Å². The van der Waals surface area contributed by atoms with Crippen LogP contribution >= 0.6 is 15.9 Å². The van der Waals surface area contributed by atoms with Crippen LogP contribution in [0.2, 0.25) is 0 Å². The van der Waals surface area contributed by atoms with Gasteiger partial charge in [0.2, 0.25) is 5.91 Å². The Balaban J connectivity index is 1.69. The number of amides is 1. The molecule has 0 fully saturated rings. The second-order valence-corrected chi connectivity index (χ2v) is 11.3. The molecule has 40 heavy (non-hydrogen) atoms. The van der Waals surface area contributed by atoms with Crippen LogP contribution in [0.5, 0.6) is 0 Å². The standard InChI is InChI=1S/C34H32BrN3O2/c1-23(2)22-37(34(40)31(25-12-6-4-7-13-25)26-14-8-5-9-15-26)24(3)32-36-30-17-11-10-16-29(30)33(39)38(32)28-20-18-27(35)19-21-28/h4-21,23-24,31H,22H2,1-3H3. The second kappa shape index (κ2) is 12.0. The smallest absolute Gasteiger partial charge is 0.266 e. The molecule has 1 aromatic heterocycles. The number of hydrogen-bond donors (Lipinski definition) is 0. The average Bonchev–Trinajstić information content (AvgIpc) is 2.97. The Morgan fingerprint density at radius 2 is 1.35 bits per heavy atom. The lowest BCUT2D eigenvalue weighted by Gasteiger charge is -2.35. The van der Waals surface area contributed by atoms with Crippen molar-refractivity contribution in [2.24, 2.45) is 5.92 Å². The Morgan fingerprint density at radius 3 is 1.93 bits per heavy atom. The van der Waals surface area contributed by atoms with Gasteiger partial charge in [-0.3, -0.25) is 14.2 Å². The summed E-state index contributed by atoms with van der Waals surface area (Å²) in [5.74, 6) is 0.215. The third-order valence-electron chi connectivity index (χ3n) is 7.09. The van der Waals surface area contributed by atoms with Crippen molar-refractivity contribution in [1.82, 2.24) is 14.5 Å². The molecule has 0 aliphatic carbocycles. The summed E-state index contributed by atoms with van der Waals surface area (Å²) in [4.78, 5) is 35.5. The summed E-state index contributed by atoms with van der Waals surface area (Å²) in [6.45, 7) is 6.68. The molecule has 0 aliphatic rings. The predicted octanol–water partition coefficient (Wildman–Crippen LogP) is 7.53. The zero-order valence-electron chi connectivity index (χ0n) is 22.9.